The predicted octanol–water partition coefficient (Wildman–Crippen LogP) is 1.84. The molecule has 2 N–H and O–H groups in total. The summed E-state index contributed by atoms with van der Waals surface area (Å²) in [5.74, 6) is 0.188. The highest BCUT2D eigenvalue weighted by molar-refractivity contribution is 7.07. The van der Waals surface area contributed by atoms with Crippen LogP contribution in [0.3, 0.4) is 0 Å². The monoisotopic (exact) mass is 197 g/mol. The van der Waals surface area contributed by atoms with Crippen LogP contribution in [-0.2, 0) is 11.2 Å². The Labute approximate surface area is 82.8 Å². The predicted molar refractivity (Wildman–Crippen MR) is 55.8 cm³/mol. The molecule has 0 fully saturated rings. The summed E-state index contributed by atoms with van der Waals surface area (Å²) in [7, 11) is 0. The maximum atomic E-state index is 11.6. The lowest BCUT2D eigenvalue weighted by Gasteiger charge is -2.13. The maximum Gasteiger partial charge on any atom is 0.141 e. The second-order valence-electron chi connectivity index (χ2n) is 3.42. The molecule has 0 aliphatic heterocycles. The Morgan fingerprint density at radius 3 is 2.77 bits per heavy atom. The van der Waals surface area contributed by atoms with Crippen molar-refractivity contribution in [2.45, 2.75) is 26.3 Å². The molecule has 0 saturated heterocycles. The Hall–Kier alpha value is -0.670. The van der Waals surface area contributed by atoms with E-state index in [4.69, 9.17) is 5.73 Å². The van der Waals surface area contributed by atoms with Crippen molar-refractivity contribution in [2.75, 3.05) is 0 Å². The molecule has 1 rings (SSSR count). The first-order chi connectivity index (χ1) is 6.11. The number of nitrogens with two attached hydrogens (primary N) is 1. The average molecular weight is 197 g/mol. The van der Waals surface area contributed by atoms with Crippen molar-refractivity contribution in [3.63, 3.8) is 0 Å². The first kappa shape index (κ1) is 10.4. The number of ketones is 1. The van der Waals surface area contributed by atoms with Crippen molar-refractivity contribution in [1.82, 2.24) is 0 Å². The third-order valence-corrected chi connectivity index (χ3v) is 2.99. The van der Waals surface area contributed by atoms with Gasteiger partial charge in [-0.1, -0.05) is 6.92 Å². The minimum atomic E-state index is -0.0499. The molecule has 0 aliphatic carbocycles. The number of carbonyl (C=O) groups excluding carboxylic acids is 1. The lowest BCUT2D eigenvalue weighted by atomic mass is 9.95. The zero-order valence-corrected chi connectivity index (χ0v) is 8.80. The summed E-state index contributed by atoms with van der Waals surface area (Å²) < 4.78 is 0. The fraction of sp³-hybridized carbons (Fsp3) is 0.500. The third-order valence-electron chi connectivity index (χ3n) is 2.25. The van der Waals surface area contributed by atoms with Gasteiger partial charge in [-0.05, 0) is 29.3 Å². The second kappa shape index (κ2) is 4.53. The first-order valence-electron chi connectivity index (χ1n) is 4.40. The van der Waals surface area contributed by atoms with E-state index >= 15 is 0 Å². The largest absolute Gasteiger partial charge is 0.327 e. The van der Waals surface area contributed by atoms with E-state index in [1.165, 1.54) is 0 Å². The molecule has 0 saturated carbocycles. The number of hydrogen-bond donors (Lipinski definition) is 1. The zero-order chi connectivity index (χ0) is 9.84. The van der Waals surface area contributed by atoms with E-state index in [1.807, 2.05) is 30.7 Å². The Kier molecular flexibility index (Phi) is 3.63. The standard InChI is InChI=1S/C10H15NOS/c1-7(8(2)11)10(12)5-9-3-4-13-6-9/h3-4,6-8H,5,11H2,1-2H3. The smallest absolute Gasteiger partial charge is 0.141 e. The quantitative estimate of drug-likeness (QED) is 0.800. The molecule has 0 bridgehead atoms. The highest BCUT2D eigenvalue weighted by Crippen LogP contribution is 2.11. The van der Waals surface area contributed by atoms with Crippen LogP contribution in [0.15, 0.2) is 16.8 Å². The Morgan fingerprint density at radius 2 is 2.31 bits per heavy atom. The first-order valence-corrected chi connectivity index (χ1v) is 5.35. The van der Waals surface area contributed by atoms with Crippen molar-refractivity contribution in [3.05, 3.63) is 22.4 Å². The van der Waals surface area contributed by atoms with E-state index in [2.05, 4.69) is 0 Å². The van der Waals surface area contributed by atoms with Crippen molar-refractivity contribution in [2.24, 2.45) is 11.7 Å². The second-order valence-corrected chi connectivity index (χ2v) is 4.20. The number of rotatable bonds is 4. The van der Waals surface area contributed by atoms with Crippen LogP contribution in [0.2, 0.25) is 0 Å². The van der Waals surface area contributed by atoms with E-state index in [0.29, 0.717) is 6.42 Å². The average Bonchev–Trinajstić information content (AvgIpc) is 2.55. The van der Waals surface area contributed by atoms with Gasteiger partial charge in [0.25, 0.3) is 0 Å². The fourth-order valence-corrected chi connectivity index (χ4v) is 1.72. The van der Waals surface area contributed by atoms with Gasteiger partial charge in [-0.25, -0.2) is 0 Å². The summed E-state index contributed by atoms with van der Waals surface area (Å²) in [6.45, 7) is 3.76. The van der Waals surface area contributed by atoms with Gasteiger partial charge < -0.3 is 5.73 Å². The van der Waals surface area contributed by atoms with Crippen molar-refractivity contribution >= 4 is 17.1 Å². The zero-order valence-electron chi connectivity index (χ0n) is 7.99. The summed E-state index contributed by atoms with van der Waals surface area (Å²) in [6.07, 6.45) is 0.520. The van der Waals surface area contributed by atoms with Crippen LogP contribution in [0.4, 0.5) is 0 Å². The van der Waals surface area contributed by atoms with Crippen LogP contribution in [-0.4, -0.2) is 11.8 Å². The Morgan fingerprint density at radius 1 is 1.62 bits per heavy atom. The number of hydrogen-bond acceptors (Lipinski definition) is 3. The van der Waals surface area contributed by atoms with Gasteiger partial charge in [0, 0.05) is 18.4 Å². The summed E-state index contributed by atoms with van der Waals surface area (Å²) in [5, 5.41) is 3.99. The van der Waals surface area contributed by atoms with Crippen LogP contribution in [0.1, 0.15) is 19.4 Å². The molecule has 0 aliphatic rings. The van der Waals surface area contributed by atoms with Crippen LogP contribution in [0.25, 0.3) is 0 Å². The number of Topliss-reactive ketones (excluding diaryl/α,β-unsaturated/α-hetero) is 1. The maximum absolute atomic E-state index is 11.6. The molecule has 72 valence electrons. The Balaban J connectivity index is 2.51. The molecular weight excluding hydrogens is 182 g/mol. The summed E-state index contributed by atoms with van der Waals surface area (Å²) in [4.78, 5) is 11.6. The molecule has 13 heavy (non-hydrogen) atoms. The van der Waals surface area contributed by atoms with Gasteiger partial charge in [-0.15, -0.1) is 0 Å². The van der Waals surface area contributed by atoms with Gasteiger partial charge in [0.2, 0.25) is 0 Å². The van der Waals surface area contributed by atoms with Gasteiger partial charge in [-0.3, -0.25) is 4.79 Å². The van der Waals surface area contributed by atoms with E-state index in [9.17, 15) is 4.79 Å². The summed E-state index contributed by atoms with van der Waals surface area (Å²) in [5.41, 5.74) is 6.75. The minimum absolute atomic E-state index is 0.0418. The molecule has 2 unspecified atom stereocenters. The fourth-order valence-electron chi connectivity index (χ4n) is 1.05. The van der Waals surface area contributed by atoms with Crippen LogP contribution < -0.4 is 5.73 Å². The summed E-state index contributed by atoms with van der Waals surface area (Å²) in [6, 6.07) is 1.93. The molecule has 0 radical (unpaired) electrons. The highest BCUT2D eigenvalue weighted by atomic mass is 32.1. The third kappa shape index (κ3) is 2.94. The minimum Gasteiger partial charge on any atom is -0.327 e. The lowest BCUT2D eigenvalue weighted by Crippen LogP contribution is -2.31. The molecule has 2 atom stereocenters. The van der Waals surface area contributed by atoms with Crippen molar-refractivity contribution < 1.29 is 4.79 Å². The number of carbonyl (C=O) groups is 1. The molecule has 0 aromatic carbocycles. The SMILES string of the molecule is CC(N)C(C)C(=O)Cc1ccsc1. The van der Waals surface area contributed by atoms with E-state index in [-0.39, 0.29) is 17.7 Å². The summed E-state index contributed by atoms with van der Waals surface area (Å²) >= 11 is 1.62. The van der Waals surface area contributed by atoms with Gasteiger partial charge in [0.05, 0.1) is 0 Å². The van der Waals surface area contributed by atoms with Crippen molar-refractivity contribution in [1.29, 1.82) is 0 Å². The van der Waals surface area contributed by atoms with E-state index in [1.54, 1.807) is 11.3 Å². The van der Waals surface area contributed by atoms with Gasteiger partial charge in [-0.2, -0.15) is 11.3 Å². The molecule has 1 aromatic heterocycles. The molecule has 1 heterocycles. The number of thiophene rings is 1. The molecule has 0 spiro atoms. The molecule has 2 nitrogen and oxygen atoms in total. The van der Waals surface area contributed by atoms with Crippen LogP contribution in [0.5, 0.6) is 0 Å². The highest BCUT2D eigenvalue weighted by Gasteiger charge is 2.16. The van der Waals surface area contributed by atoms with E-state index in [0.717, 1.165) is 5.56 Å². The normalized spacial score (nSPS) is 15.3. The molecule has 0 amide bonds. The van der Waals surface area contributed by atoms with Gasteiger partial charge in [0.1, 0.15) is 5.78 Å². The molecule has 3 heteroatoms. The topological polar surface area (TPSA) is 43.1 Å². The van der Waals surface area contributed by atoms with Gasteiger partial charge >= 0.3 is 0 Å². The Bertz CT molecular complexity index is 266. The lowest BCUT2D eigenvalue weighted by molar-refractivity contribution is -0.122. The van der Waals surface area contributed by atoms with Crippen LogP contribution in [0, 0.1) is 5.92 Å². The van der Waals surface area contributed by atoms with Crippen LogP contribution >= 0.6 is 11.3 Å². The molecule has 1 aromatic rings. The molecular formula is C10H15NOS. The van der Waals surface area contributed by atoms with Gasteiger partial charge in [0.15, 0.2) is 0 Å². The van der Waals surface area contributed by atoms with Crippen molar-refractivity contribution in [3.8, 4) is 0 Å². The van der Waals surface area contributed by atoms with E-state index < -0.39 is 0 Å².